The summed E-state index contributed by atoms with van der Waals surface area (Å²) < 4.78 is 30.7. The Morgan fingerprint density at radius 2 is 2.07 bits per heavy atom. The number of nitrogens with one attached hydrogen (secondary N) is 1. The second kappa shape index (κ2) is 6.94. The van der Waals surface area contributed by atoms with Gasteiger partial charge in [0.05, 0.1) is 35.6 Å². The number of methoxy groups -OCH3 is 1. The Hall–Kier alpha value is -2.87. The maximum Gasteiger partial charge on any atom is 0.337 e. The number of H-pyrrole nitrogens is 1. The molecule has 0 spiro atoms. The molecule has 1 N–H and O–H groups in total. The van der Waals surface area contributed by atoms with Crippen molar-refractivity contribution in [3.05, 3.63) is 59.4 Å². The van der Waals surface area contributed by atoms with Gasteiger partial charge in [-0.1, -0.05) is 12.1 Å². The van der Waals surface area contributed by atoms with E-state index in [1.807, 2.05) is 24.3 Å². The fraction of sp³-hybridized carbons (Fsp3) is 0.300. The molecule has 28 heavy (non-hydrogen) atoms. The van der Waals surface area contributed by atoms with Crippen LogP contribution in [0, 0.1) is 0 Å². The molecule has 0 saturated heterocycles. The molecule has 0 fully saturated rings. The van der Waals surface area contributed by atoms with Crippen LogP contribution in [0.2, 0.25) is 0 Å². The predicted molar refractivity (Wildman–Crippen MR) is 107 cm³/mol. The highest BCUT2D eigenvalue weighted by molar-refractivity contribution is 7.92. The average Bonchev–Trinajstić information content (AvgIpc) is 3.25. The molecule has 0 amide bonds. The number of sulfonamides is 1. The van der Waals surface area contributed by atoms with Crippen molar-refractivity contribution in [3.8, 4) is 0 Å². The van der Waals surface area contributed by atoms with Crippen molar-refractivity contribution in [1.82, 2.24) is 9.97 Å². The third kappa shape index (κ3) is 3.35. The van der Waals surface area contributed by atoms with Crippen LogP contribution in [0.4, 0.5) is 5.69 Å². The van der Waals surface area contributed by atoms with Crippen LogP contribution in [0.5, 0.6) is 0 Å². The molecule has 4 rings (SSSR count). The van der Waals surface area contributed by atoms with Crippen LogP contribution in [0.3, 0.4) is 0 Å². The Morgan fingerprint density at radius 1 is 1.29 bits per heavy atom. The van der Waals surface area contributed by atoms with Gasteiger partial charge in [0.1, 0.15) is 5.82 Å². The summed E-state index contributed by atoms with van der Waals surface area (Å²) in [5.74, 6) is 0.406. The number of ether oxygens (including phenoxy) is 1. The summed E-state index contributed by atoms with van der Waals surface area (Å²) in [5.41, 5.74) is 3.80. The van der Waals surface area contributed by atoms with Gasteiger partial charge in [-0.15, -0.1) is 0 Å². The molecule has 7 nitrogen and oxygen atoms in total. The van der Waals surface area contributed by atoms with Gasteiger partial charge in [0, 0.05) is 18.9 Å². The van der Waals surface area contributed by atoms with Crippen molar-refractivity contribution in [2.45, 2.75) is 18.8 Å². The summed E-state index contributed by atoms with van der Waals surface area (Å²) in [5, 5.41) is 0. The van der Waals surface area contributed by atoms with E-state index < -0.39 is 16.0 Å². The number of fused-ring (bicyclic) bond motifs is 2. The molecular formula is C20H21N3O4S. The highest BCUT2D eigenvalue weighted by Crippen LogP contribution is 2.40. The summed E-state index contributed by atoms with van der Waals surface area (Å²) in [6, 6.07) is 12.9. The Bertz CT molecular complexity index is 1120. The molecule has 2 aromatic carbocycles. The molecule has 8 heteroatoms. The van der Waals surface area contributed by atoms with Crippen LogP contribution in [-0.4, -0.2) is 44.3 Å². The standard InChI is InChI=1S/C20H21N3O4S/c1-27-20(24)13-7-9-18-15(11-13)14(12-23(18)28(2,25)26)8-10-19-21-16-5-3-4-6-17(16)22-19/h3-7,9,11,14H,8,10,12H2,1-2H3,(H,21,22). The van der Waals surface area contributed by atoms with Crippen molar-refractivity contribution in [2.75, 3.05) is 24.2 Å². The number of anilines is 1. The molecule has 1 unspecified atom stereocenters. The largest absolute Gasteiger partial charge is 0.465 e. The summed E-state index contributed by atoms with van der Waals surface area (Å²) in [4.78, 5) is 19.8. The molecular weight excluding hydrogens is 378 g/mol. The number of hydrogen-bond acceptors (Lipinski definition) is 5. The van der Waals surface area contributed by atoms with Crippen LogP contribution in [0.25, 0.3) is 11.0 Å². The zero-order chi connectivity index (χ0) is 19.9. The summed E-state index contributed by atoms with van der Waals surface area (Å²) >= 11 is 0. The lowest BCUT2D eigenvalue weighted by Gasteiger charge is -2.17. The monoisotopic (exact) mass is 399 g/mol. The average molecular weight is 399 g/mol. The topological polar surface area (TPSA) is 92.4 Å². The second-order valence-corrected chi connectivity index (χ2v) is 8.90. The molecule has 3 aromatic rings. The number of aryl methyl sites for hydroxylation is 1. The van der Waals surface area contributed by atoms with Gasteiger partial charge in [-0.25, -0.2) is 18.2 Å². The number of imidazole rings is 1. The molecule has 146 valence electrons. The minimum absolute atomic E-state index is 0.0254. The first-order valence-electron chi connectivity index (χ1n) is 9.00. The number of benzene rings is 2. The zero-order valence-electron chi connectivity index (χ0n) is 15.7. The van der Waals surface area contributed by atoms with Crippen molar-refractivity contribution < 1.29 is 17.9 Å². The predicted octanol–water partition coefficient (Wildman–Crippen LogP) is 2.85. The van der Waals surface area contributed by atoms with E-state index in [4.69, 9.17) is 4.74 Å². The summed E-state index contributed by atoms with van der Waals surface area (Å²) in [6.07, 6.45) is 2.59. The van der Waals surface area contributed by atoms with E-state index in [-0.39, 0.29) is 5.92 Å². The SMILES string of the molecule is COC(=O)c1ccc2c(c1)C(CCc1nc3ccccc3[nH]1)CN2S(C)(=O)=O. The fourth-order valence-electron chi connectivity index (χ4n) is 3.75. The van der Waals surface area contributed by atoms with Gasteiger partial charge < -0.3 is 9.72 Å². The molecule has 0 aliphatic carbocycles. The first-order valence-corrected chi connectivity index (χ1v) is 10.9. The van der Waals surface area contributed by atoms with Crippen molar-refractivity contribution in [3.63, 3.8) is 0 Å². The number of carbonyl (C=O) groups is 1. The molecule has 1 aromatic heterocycles. The minimum atomic E-state index is -3.40. The number of hydrogen-bond donors (Lipinski definition) is 1. The molecule has 0 bridgehead atoms. The fourth-order valence-corrected chi connectivity index (χ4v) is 4.72. The maximum absolute atomic E-state index is 12.2. The van der Waals surface area contributed by atoms with Crippen molar-refractivity contribution in [1.29, 1.82) is 0 Å². The summed E-state index contributed by atoms with van der Waals surface area (Å²) in [6.45, 7) is 0.360. The van der Waals surface area contributed by atoms with Crippen LogP contribution >= 0.6 is 0 Å². The number of aromatic amines is 1. The van der Waals surface area contributed by atoms with E-state index in [0.29, 0.717) is 30.6 Å². The number of aromatic nitrogens is 2. The van der Waals surface area contributed by atoms with Gasteiger partial charge in [0.15, 0.2) is 0 Å². The molecule has 1 aliphatic heterocycles. The number of para-hydroxylation sites is 2. The summed E-state index contributed by atoms with van der Waals surface area (Å²) in [7, 11) is -2.07. The van der Waals surface area contributed by atoms with Gasteiger partial charge in [-0.2, -0.15) is 0 Å². The number of rotatable bonds is 5. The Kier molecular flexibility index (Phi) is 4.58. The van der Waals surface area contributed by atoms with Gasteiger partial charge in [-0.3, -0.25) is 4.31 Å². The van der Waals surface area contributed by atoms with Gasteiger partial charge in [0.2, 0.25) is 10.0 Å². The van der Waals surface area contributed by atoms with E-state index in [1.54, 1.807) is 18.2 Å². The van der Waals surface area contributed by atoms with Crippen molar-refractivity contribution >= 4 is 32.7 Å². The first-order chi connectivity index (χ1) is 13.4. The number of esters is 1. The second-order valence-electron chi connectivity index (χ2n) is 7.00. The Balaban J connectivity index is 1.63. The minimum Gasteiger partial charge on any atom is -0.465 e. The third-order valence-corrected chi connectivity index (χ3v) is 6.26. The highest BCUT2D eigenvalue weighted by Gasteiger charge is 2.34. The molecule has 2 heterocycles. The van der Waals surface area contributed by atoms with Crippen LogP contribution in [0.1, 0.15) is 34.1 Å². The smallest absolute Gasteiger partial charge is 0.337 e. The quantitative estimate of drug-likeness (QED) is 0.666. The van der Waals surface area contributed by atoms with Crippen molar-refractivity contribution in [2.24, 2.45) is 0 Å². The van der Waals surface area contributed by atoms with E-state index in [1.165, 1.54) is 17.7 Å². The van der Waals surface area contributed by atoms with Crippen LogP contribution < -0.4 is 4.31 Å². The van der Waals surface area contributed by atoms with Gasteiger partial charge >= 0.3 is 5.97 Å². The van der Waals surface area contributed by atoms with E-state index in [9.17, 15) is 13.2 Å². The first kappa shape index (κ1) is 18.5. The molecule has 0 saturated carbocycles. The lowest BCUT2D eigenvalue weighted by atomic mass is 9.94. The highest BCUT2D eigenvalue weighted by atomic mass is 32.2. The van der Waals surface area contributed by atoms with Gasteiger partial charge in [0.25, 0.3) is 0 Å². The molecule has 0 radical (unpaired) electrons. The van der Waals surface area contributed by atoms with Gasteiger partial charge in [-0.05, 0) is 42.3 Å². The van der Waals surface area contributed by atoms with Crippen LogP contribution in [-0.2, 0) is 21.2 Å². The normalized spacial score (nSPS) is 16.4. The van der Waals surface area contributed by atoms with E-state index in [0.717, 1.165) is 22.4 Å². The number of nitrogens with zero attached hydrogens (tertiary/aromatic N) is 2. The lowest BCUT2D eigenvalue weighted by molar-refractivity contribution is 0.0600. The molecule has 1 atom stereocenters. The van der Waals surface area contributed by atoms with Crippen LogP contribution in [0.15, 0.2) is 42.5 Å². The number of carbonyl (C=O) groups excluding carboxylic acids is 1. The zero-order valence-corrected chi connectivity index (χ0v) is 16.5. The third-order valence-electron chi connectivity index (χ3n) is 5.11. The van der Waals surface area contributed by atoms with E-state index in [2.05, 4.69) is 9.97 Å². The Labute approximate surface area is 163 Å². The maximum atomic E-state index is 12.2. The lowest BCUT2D eigenvalue weighted by Crippen LogP contribution is -2.28. The van der Waals surface area contributed by atoms with E-state index >= 15 is 0 Å². The molecule has 1 aliphatic rings. The Morgan fingerprint density at radius 3 is 2.79 bits per heavy atom.